The van der Waals surface area contributed by atoms with Gasteiger partial charge in [0.15, 0.2) is 0 Å². The molecule has 0 aliphatic carbocycles. The SMILES string of the molecule is Cn1ccnc1-c1[c-]c(-c2ccccn2)c(F)cc1F.Fc1c[c-]c(-c2ccccn2)cc1.[Cl][Ir+2]. The van der Waals surface area contributed by atoms with Crippen LogP contribution in [0.25, 0.3) is 33.9 Å². The minimum absolute atomic E-state index is 0.125. The molecule has 0 bridgehead atoms. The van der Waals surface area contributed by atoms with Gasteiger partial charge in [-0.15, -0.1) is 35.9 Å². The molecule has 4 nitrogen and oxygen atoms in total. The van der Waals surface area contributed by atoms with Gasteiger partial charge in [-0.2, -0.15) is 0 Å². The summed E-state index contributed by atoms with van der Waals surface area (Å²) in [5.74, 6) is -1.28. The Kier molecular flexibility index (Phi) is 9.73. The van der Waals surface area contributed by atoms with Gasteiger partial charge < -0.3 is 9.55 Å². The van der Waals surface area contributed by atoms with Gasteiger partial charge in [-0.3, -0.25) is 23.1 Å². The van der Waals surface area contributed by atoms with E-state index in [0.717, 1.165) is 17.3 Å². The molecule has 5 aromatic rings. The average Bonchev–Trinajstić information content (AvgIpc) is 3.33. The molecule has 0 aliphatic heterocycles. The van der Waals surface area contributed by atoms with Crippen molar-refractivity contribution in [1.29, 1.82) is 0 Å². The van der Waals surface area contributed by atoms with Gasteiger partial charge in [0.1, 0.15) is 0 Å². The van der Waals surface area contributed by atoms with E-state index < -0.39 is 11.6 Å². The molecule has 0 radical (unpaired) electrons. The molecule has 35 heavy (non-hydrogen) atoms. The Balaban J connectivity index is 0.000000197. The van der Waals surface area contributed by atoms with E-state index in [1.165, 1.54) is 30.0 Å². The van der Waals surface area contributed by atoms with Crippen LogP contribution in [0.4, 0.5) is 13.2 Å². The minimum atomic E-state index is -0.698. The average molecular weight is 670 g/mol. The molecule has 0 saturated heterocycles. The molecule has 9 heteroatoms. The Bertz CT molecular complexity index is 1350. The Hall–Kier alpha value is -3.32. The fourth-order valence-electron chi connectivity index (χ4n) is 3.05. The number of aromatic nitrogens is 4. The summed E-state index contributed by atoms with van der Waals surface area (Å²) in [5, 5.41) is 0. The van der Waals surface area contributed by atoms with Crippen LogP contribution in [0.5, 0.6) is 0 Å². The zero-order chi connectivity index (χ0) is 25.2. The van der Waals surface area contributed by atoms with Crippen LogP contribution in [0.15, 0.2) is 85.5 Å². The molecule has 0 spiro atoms. The number of benzene rings is 2. The Morgan fingerprint density at radius 2 is 1.46 bits per heavy atom. The van der Waals surface area contributed by atoms with Crippen molar-refractivity contribution in [3.8, 4) is 33.9 Å². The molecule has 3 aromatic heterocycles. The van der Waals surface area contributed by atoms with Crippen LogP contribution in [0.2, 0.25) is 0 Å². The summed E-state index contributed by atoms with van der Waals surface area (Å²) in [7, 11) is 6.37. The fraction of sp³-hybridized carbons (Fsp3) is 0.0385. The van der Waals surface area contributed by atoms with E-state index >= 15 is 0 Å². The quantitative estimate of drug-likeness (QED) is 0.203. The summed E-state index contributed by atoms with van der Waals surface area (Å²) >= 11 is 1.47. The Morgan fingerprint density at radius 1 is 0.800 bits per heavy atom. The van der Waals surface area contributed by atoms with E-state index in [1.54, 1.807) is 60.7 Å². The van der Waals surface area contributed by atoms with Gasteiger partial charge in [-0.1, -0.05) is 35.9 Å². The third-order valence-electron chi connectivity index (χ3n) is 4.66. The third kappa shape index (κ3) is 6.85. The van der Waals surface area contributed by atoms with Gasteiger partial charge in [-0.25, -0.2) is 0 Å². The fourth-order valence-corrected chi connectivity index (χ4v) is 3.05. The van der Waals surface area contributed by atoms with Crippen molar-refractivity contribution in [2.75, 3.05) is 0 Å². The number of imidazole rings is 1. The Morgan fingerprint density at radius 3 is 2.00 bits per heavy atom. The summed E-state index contributed by atoms with van der Waals surface area (Å²) in [4.78, 5) is 12.2. The number of pyridine rings is 2. The van der Waals surface area contributed by atoms with E-state index in [1.807, 2.05) is 18.2 Å². The van der Waals surface area contributed by atoms with Crippen molar-refractivity contribution in [2.24, 2.45) is 7.05 Å². The second kappa shape index (κ2) is 13.0. The summed E-state index contributed by atoms with van der Waals surface area (Å²) in [6.45, 7) is 0. The number of nitrogens with zero attached hydrogens (tertiary/aromatic N) is 4. The maximum atomic E-state index is 13.9. The molecule has 3 heterocycles. The number of hydrogen-bond acceptors (Lipinski definition) is 3. The number of hydrogen-bond donors (Lipinski definition) is 0. The van der Waals surface area contributed by atoms with Crippen molar-refractivity contribution in [3.63, 3.8) is 0 Å². The number of aryl methyl sites for hydroxylation is 1. The van der Waals surface area contributed by atoms with Gasteiger partial charge >= 0.3 is 27.5 Å². The van der Waals surface area contributed by atoms with Gasteiger partial charge in [0.25, 0.3) is 0 Å². The normalized spacial score (nSPS) is 10.0. The van der Waals surface area contributed by atoms with Crippen molar-refractivity contribution >= 4 is 9.58 Å². The zero-order valence-electron chi connectivity index (χ0n) is 18.2. The van der Waals surface area contributed by atoms with E-state index in [0.29, 0.717) is 11.5 Å². The Labute approximate surface area is 215 Å². The number of rotatable bonds is 3. The van der Waals surface area contributed by atoms with E-state index in [2.05, 4.69) is 36.7 Å². The predicted molar refractivity (Wildman–Crippen MR) is 125 cm³/mol. The van der Waals surface area contributed by atoms with Crippen LogP contribution in [-0.4, -0.2) is 19.5 Å². The molecule has 178 valence electrons. The van der Waals surface area contributed by atoms with Crippen LogP contribution in [0, 0.1) is 29.6 Å². The van der Waals surface area contributed by atoms with Crippen LogP contribution < -0.4 is 0 Å². The summed E-state index contributed by atoms with van der Waals surface area (Å²) in [5.41, 5.74) is 2.27. The molecule has 0 amide bonds. The summed E-state index contributed by atoms with van der Waals surface area (Å²) in [6, 6.07) is 21.5. The van der Waals surface area contributed by atoms with Gasteiger partial charge in [0.05, 0.1) is 17.5 Å². The first-order chi connectivity index (χ1) is 17.0. The van der Waals surface area contributed by atoms with Gasteiger partial charge in [-0.05, 0) is 23.4 Å². The van der Waals surface area contributed by atoms with E-state index in [9.17, 15) is 13.2 Å². The first-order valence-corrected chi connectivity index (χ1v) is 13.0. The first kappa shape index (κ1) is 26.3. The number of halogens is 4. The first-order valence-electron chi connectivity index (χ1n) is 10.0. The standard InChI is InChI=1S/C15H10F2N3.C11H7FN.ClH.Ir/c1-20-7-6-19-15(20)11-8-10(12(16)9-13(11)17)14-4-2-3-5-18-14;12-10-6-4-9(5-7-10)11-3-1-2-8-13-11;;/h2-7,9H,1H3;1-4,6-8H;1H;/q2*-1;;+3/p-1. The van der Waals surface area contributed by atoms with Crippen molar-refractivity contribution < 1.29 is 31.1 Å². The third-order valence-corrected chi connectivity index (χ3v) is 4.66. The van der Waals surface area contributed by atoms with Crippen LogP contribution >= 0.6 is 9.58 Å². The zero-order valence-corrected chi connectivity index (χ0v) is 21.4. The van der Waals surface area contributed by atoms with Crippen molar-refractivity contribution in [3.05, 3.63) is 115 Å². The summed E-state index contributed by atoms with van der Waals surface area (Å²) < 4.78 is 42.1. The van der Waals surface area contributed by atoms with Crippen molar-refractivity contribution in [1.82, 2.24) is 19.5 Å². The van der Waals surface area contributed by atoms with Crippen LogP contribution in [0.3, 0.4) is 0 Å². The molecule has 0 unspecified atom stereocenters. The predicted octanol–water partition coefficient (Wildman–Crippen LogP) is 6.60. The van der Waals surface area contributed by atoms with Gasteiger partial charge in [0.2, 0.25) is 0 Å². The second-order valence-corrected chi connectivity index (χ2v) is 6.93. The molecule has 0 N–H and O–H groups in total. The molecule has 0 fully saturated rings. The van der Waals surface area contributed by atoms with Crippen molar-refractivity contribution in [2.45, 2.75) is 0 Å². The van der Waals surface area contributed by atoms with E-state index in [4.69, 9.17) is 0 Å². The van der Waals surface area contributed by atoms with Crippen LogP contribution in [0.1, 0.15) is 0 Å². The molecule has 2 aromatic carbocycles. The molecular formula is C26H17ClF3IrN4. The second-order valence-electron chi connectivity index (χ2n) is 6.93. The molecule has 0 atom stereocenters. The topological polar surface area (TPSA) is 43.6 Å². The maximum absolute atomic E-state index is 13.9. The van der Waals surface area contributed by atoms with Gasteiger partial charge in [0, 0.05) is 43.3 Å². The molecule has 5 rings (SSSR count). The summed E-state index contributed by atoms with van der Waals surface area (Å²) in [6.07, 6.45) is 6.48. The molecule has 0 aliphatic rings. The molecular weight excluding hydrogens is 653 g/mol. The monoisotopic (exact) mass is 670 g/mol. The van der Waals surface area contributed by atoms with E-state index in [-0.39, 0.29) is 16.9 Å². The molecule has 0 saturated carbocycles. The van der Waals surface area contributed by atoms with Crippen LogP contribution in [-0.2, 0) is 24.9 Å².